The van der Waals surface area contributed by atoms with Crippen molar-refractivity contribution in [2.75, 3.05) is 14.2 Å². The number of esters is 1. The summed E-state index contributed by atoms with van der Waals surface area (Å²) in [5.74, 6) is -0.669. The molecule has 0 heterocycles. The summed E-state index contributed by atoms with van der Waals surface area (Å²) in [6, 6.07) is 5.84. The quantitative estimate of drug-likeness (QED) is 0.829. The van der Waals surface area contributed by atoms with E-state index in [0.29, 0.717) is 6.42 Å². The maximum atomic E-state index is 12.5. The Morgan fingerprint density at radius 1 is 1.24 bits per heavy atom. The lowest BCUT2D eigenvalue weighted by Gasteiger charge is -2.15. The SMILES string of the molecule is COC(=O)c1ccccc1S(=O)(=O)NC1CCC(OC)C1. The third-order valence-electron chi connectivity index (χ3n) is 3.62. The summed E-state index contributed by atoms with van der Waals surface area (Å²) in [6.07, 6.45) is 2.25. The van der Waals surface area contributed by atoms with Crippen molar-refractivity contribution in [1.29, 1.82) is 0 Å². The van der Waals surface area contributed by atoms with Crippen LogP contribution < -0.4 is 4.72 Å². The normalized spacial score (nSPS) is 22.2. The number of rotatable bonds is 5. The highest BCUT2D eigenvalue weighted by atomic mass is 32.2. The van der Waals surface area contributed by atoms with Gasteiger partial charge in [-0.3, -0.25) is 0 Å². The van der Waals surface area contributed by atoms with E-state index in [9.17, 15) is 13.2 Å². The zero-order chi connectivity index (χ0) is 15.5. The van der Waals surface area contributed by atoms with Gasteiger partial charge in [-0.25, -0.2) is 17.9 Å². The average Bonchev–Trinajstić information content (AvgIpc) is 2.93. The molecular weight excluding hydrogens is 294 g/mol. The van der Waals surface area contributed by atoms with Crippen LogP contribution in [0, 0.1) is 0 Å². The largest absolute Gasteiger partial charge is 0.465 e. The smallest absolute Gasteiger partial charge is 0.339 e. The predicted molar refractivity (Wildman–Crippen MR) is 76.5 cm³/mol. The second-order valence-electron chi connectivity index (χ2n) is 4.98. The van der Waals surface area contributed by atoms with Gasteiger partial charge in [0.25, 0.3) is 0 Å². The Balaban J connectivity index is 2.22. The van der Waals surface area contributed by atoms with Crippen molar-refractivity contribution in [2.45, 2.75) is 36.3 Å². The molecule has 0 aromatic heterocycles. The standard InChI is InChI=1S/C14H19NO5S/c1-19-11-8-7-10(9-11)15-21(17,18)13-6-4-3-5-12(13)14(16)20-2/h3-6,10-11,15H,7-9H2,1-2H3. The van der Waals surface area contributed by atoms with Crippen molar-refractivity contribution in [3.05, 3.63) is 29.8 Å². The summed E-state index contributed by atoms with van der Waals surface area (Å²) in [5.41, 5.74) is 0.0359. The Morgan fingerprint density at radius 2 is 1.95 bits per heavy atom. The molecule has 0 bridgehead atoms. The summed E-state index contributed by atoms with van der Waals surface area (Å²) in [7, 11) is -0.927. The van der Waals surface area contributed by atoms with Crippen molar-refractivity contribution in [3.63, 3.8) is 0 Å². The number of hydrogen-bond donors (Lipinski definition) is 1. The molecule has 2 rings (SSSR count). The number of hydrogen-bond acceptors (Lipinski definition) is 5. The van der Waals surface area contributed by atoms with Crippen LogP contribution in [0.5, 0.6) is 0 Å². The fourth-order valence-corrected chi connectivity index (χ4v) is 4.00. The molecule has 7 heteroatoms. The first-order valence-corrected chi connectivity index (χ1v) is 8.18. The minimum absolute atomic E-state index is 0.0359. The molecule has 21 heavy (non-hydrogen) atoms. The van der Waals surface area contributed by atoms with Gasteiger partial charge in [-0.1, -0.05) is 12.1 Å². The fraction of sp³-hybridized carbons (Fsp3) is 0.500. The van der Waals surface area contributed by atoms with E-state index in [-0.39, 0.29) is 22.6 Å². The van der Waals surface area contributed by atoms with E-state index >= 15 is 0 Å². The van der Waals surface area contributed by atoms with Gasteiger partial charge in [-0.15, -0.1) is 0 Å². The van der Waals surface area contributed by atoms with Gasteiger partial charge in [0.2, 0.25) is 10.0 Å². The van der Waals surface area contributed by atoms with Crippen LogP contribution in [0.4, 0.5) is 0 Å². The van der Waals surface area contributed by atoms with Gasteiger partial charge < -0.3 is 9.47 Å². The summed E-state index contributed by atoms with van der Waals surface area (Å²) in [4.78, 5) is 11.6. The summed E-state index contributed by atoms with van der Waals surface area (Å²) < 4.78 is 37.4. The van der Waals surface area contributed by atoms with Crippen molar-refractivity contribution >= 4 is 16.0 Å². The van der Waals surface area contributed by atoms with Crippen LogP contribution in [0.1, 0.15) is 29.6 Å². The van der Waals surface area contributed by atoms with Crippen LogP contribution in [0.25, 0.3) is 0 Å². The van der Waals surface area contributed by atoms with Crippen LogP contribution in [-0.4, -0.2) is 40.8 Å². The average molecular weight is 313 g/mol. The van der Waals surface area contributed by atoms with Gasteiger partial charge in [0.1, 0.15) is 0 Å². The Kier molecular flexibility index (Phi) is 4.97. The molecule has 1 fully saturated rings. The lowest BCUT2D eigenvalue weighted by Crippen LogP contribution is -2.34. The molecule has 0 amide bonds. The second kappa shape index (κ2) is 6.55. The Labute approximate surface area is 124 Å². The highest BCUT2D eigenvalue weighted by molar-refractivity contribution is 7.89. The Bertz CT molecular complexity index is 614. The molecule has 2 atom stereocenters. The van der Waals surface area contributed by atoms with Gasteiger partial charge in [0, 0.05) is 13.2 Å². The first-order valence-electron chi connectivity index (χ1n) is 6.70. The third kappa shape index (κ3) is 3.61. The first kappa shape index (κ1) is 15.9. The Morgan fingerprint density at radius 3 is 2.57 bits per heavy atom. The molecule has 6 nitrogen and oxygen atoms in total. The molecule has 1 aromatic rings. The topological polar surface area (TPSA) is 81.7 Å². The van der Waals surface area contributed by atoms with Gasteiger partial charge in [-0.2, -0.15) is 0 Å². The van der Waals surface area contributed by atoms with E-state index in [4.69, 9.17) is 4.74 Å². The predicted octanol–water partition coefficient (Wildman–Crippen LogP) is 1.32. The number of benzene rings is 1. The van der Waals surface area contributed by atoms with Crippen molar-refractivity contribution in [1.82, 2.24) is 4.72 Å². The number of sulfonamides is 1. The minimum atomic E-state index is -3.77. The maximum Gasteiger partial charge on any atom is 0.339 e. The zero-order valence-electron chi connectivity index (χ0n) is 12.0. The minimum Gasteiger partial charge on any atom is -0.465 e. The van der Waals surface area contributed by atoms with Crippen molar-refractivity contribution in [3.8, 4) is 0 Å². The molecule has 0 saturated heterocycles. The van der Waals surface area contributed by atoms with Gasteiger partial charge >= 0.3 is 5.97 Å². The molecule has 1 aromatic carbocycles. The number of ether oxygens (including phenoxy) is 2. The molecule has 0 radical (unpaired) electrons. The molecule has 1 saturated carbocycles. The molecule has 1 aliphatic carbocycles. The summed E-state index contributed by atoms with van der Waals surface area (Å²) in [5, 5.41) is 0. The summed E-state index contributed by atoms with van der Waals surface area (Å²) >= 11 is 0. The van der Waals surface area contributed by atoms with Crippen LogP contribution >= 0.6 is 0 Å². The molecule has 116 valence electrons. The van der Waals surface area contributed by atoms with E-state index < -0.39 is 16.0 Å². The molecule has 1 aliphatic rings. The van der Waals surface area contributed by atoms with Crippen molar-refractivity contribution in [2.24, 2.45) is 0 Å². The van der Waals surface area contributed by atoms with Gasteiger partial charge in [-0.05, 0) is 31.4 Å². The van der Waals surface area contributed by atoms with Crippen LogP contribution in [0.15, 0.2) is 29.2 Å². The van der Waals surface area contributed by atoms with Gasteiger partial charge in [0.15, 0.2) is 0 Å². The molecule has 2 unspecified atom stereocenters. The molecule has 1 N–H and O–H groups in total. The molecule has 0 aliphatic heterocycles. The van der Waals surface area contributed by atoms with Crippen molar-refractivity contribution < 1.29 is 22.7 Å². The number of methoxy groups -OCH3 is 2. The maximum absolute atomic E-state index is 12.5. The monoisotopic (exact) mass is 313 g/mol. The number of carbonyl (C=O) groups is 1. The second-order valence-corrected chi connectivity index (χ2v) is 6.66. The molecule has 0 spiro atoms. The lowest BCUT2D eigenvalue weighted by molar-refractivity contribution is 0.0596. The number of nitrogens with one attached hydrogen (secondary N) is 1. The van der Waals surface area contributed by atoms with E-state index in [0.717, 1.165) is 12.8 Å². The zero-order valence-corrected chi connectivity index (χ0v) is 12.9. The van der Waals surface area contributed by atoms with E-state index in [1.165, 1.54) is 19.2 Å². The highest BCUT2D eigenvalue weighted by Gasteiger charge is 2.30. The lowest BCUT2D eigenvalue weighted by atomic mass is 10.2. The Hall–Kier alpha value is -1.44. The van der Waals surface area contributed by atoms with Crippen LogP contribution in [0.3, 0.4) is 0 Å². The van der Waals surface area contributed by atoms with E-state index in [1.807, 2.05) is 0 Å². The fourth-order valence-electron chi connectivity index (χ4n) is 2.52. The number of carbonyl (C=O) groups excluding carboxylic acids is 1. The molecular formula is C14H19NO5S. The van der Waals surface area contributed by atoms with Crippen LogP contribution in [-0.2, 0) is 19.5 Å². The highest BCUT2D eigenvalue weighted by Crippen LogP contribution is 2.24. The summed E-state index contributed by atoms with van der Waals surface area (Å²) in [6.45, 7) is 0. The third-order valence-corrected chi connectivity index (χ3v) is 5.20. The van der Waals surface area contributed by atoms with E-state index in [1.54, 1.807) is 19.2 Å². The first-order chi connectivity index (χ1) is 9.97. The van der Waals surface area contributed by atoms with Gasteiger partial charge in [0.05, 0.1) is 23.7 Å². The van der Waals surface area contributed by atoms with E-state index in [2.05, 4.69) is 9.46 Å². The van der Waals surface area contributed by atoms with Crippen LogP contribution in [0.2, 0.25) is 0 Å².